The summed E-state index contributed by atoms with van der Waals surface area (Å²) >= 11 is 0. The van der Waals surface area contributed by atoms with Gasteiger partial charge in [0.2, 0.25) is 0 Å². The maximum atomic E-state index is 12.8. The Balaban J connectivity index is 2.29. The monoisotopic (exact) mass is 387 g/mol. The lowest BCUT2D eigenvalue weighted by molar-refractivity contribution is -0.420. The van der Waals surface area contributed by atoms with E-state index in [9.17, 15) is 24.8 Å². The first-order valence-electron chi connectivity index (χ1n) is 9.33. The fraction of sp³-hybridized carbons (Fsp3) is 0.450. The van der Waals surface area contributed by atoms with Gasteiger partial charge in [-0.3, -0.25) is 19.9 Å². The minimum Gasteiger partial charge on any atom is -0.478 e. The van der Waals surface area contributed by atoms with E-state index in [1.54, 1.807) is 6.08 Å². The van der Waals surface area contributed by atoms with Crippen LogP contribution in [0.25, 0.3) is 0 Å². The van der Waals surface area contributed by atoms with Crippen LogP contribution in [-0.2, 0) is 0 Å². The van der Waals surface area contributed by atoms with Crippen molar-refractivity contribution >= 4 is 11.9 Å². The van der Waals surface area contributed by atoms with Crippen LogP contribution in [0.2, 0.25) is 0 Å². The lowest BCUT2D eigenvalue weighted by Gasteiger charge is -2.32. The number of carbonyl (C=O) groups excluding carboxylic acids is 1. The van der Waals surface area contributed by atoms with Gasteiger partial charge >= 0.3 is 5.97 Å². The summed E-state index contributed by atoms with van der Waals surface area (Å²) in [6, 6.07) is 2.50. The number of carboxylic acid groups (broad SMARTS) is 1. The highest BCUT2D eigenvalue weighted by atomic mass is 16.6. The first-order chi connectivity index (χ1) is 13.3. The van der Waals surface area contributed by atoms with Crippen molar-refractivity contribution in [2.75, 3.05) is 0 Å². The van der Waals surface area contributed by atoms with Gasteiger partial charge in [-0.2, -0.15) is 0 Å². The van der Waals surface area contributed by atoms with Crippen molar-refractivity contribution in [3.8, 4) is 0 Å². The highest BCUT2D eigenvalue weighted by Gasteiger charge is 2.32. The summed E-state index contributed by atoms with van der Waals surface area (Å²) in [7, 11) is 0. The van der Waals surface area contributed by atoms with Crippen molar-refractivity contribution in [1.29, 1.82) is 0 Å². The number of nitrogens with zero attached hydrogens (tertiary/aromatic N) is 2. The van der Waals surface area contributed by atoms with Gasteiger partial charge in [0.25, 0.3) is 11.6 Å². The zero-order valence-corrected chi connectivity index (χ0v) is 16.2. The molecular formula is C20H25N3O5. The van der Waals surface area contributed by atoms with Crippen LogP contribution >= 0.6 is 0 Å². The third-order valence-electron chi connectivity index (χ3n) is 5.24. The summed E-state index contributed by atoms with van der Waals surface area (Å²) in [6.45, 7) is 5.87. The summed E-state index contributed by atoms with van der Waals surface area (Å²) in [5.74, 6) is -1.80. The molecule has 150 valence electrons. The molecule has 0 saturated carbocycles. The molecule has 8 nitrogen and oxygen atoms in total. The lowest BCUT2D eigenvalue weighted by atomic mass is 9.80. The minimum atomic E-state index is -1.22. The SMILES string of the molecule is CCC1=C([N+](=O)[O-])C=CC(C(NC(=O)c2ncccc2C(=O)O)C(C)CC)C1. The predicted molar refractivity (Wildman–Crippen MR) is 103 cm³/mol. The zero-order chi connectivity index (χ0) is 20.8. The maximum Gasteiger partial charge on any atom is 0.338 e. The Bertz CT molecular complexity index is 831. The van der Waals surface area contributed by atoms with E-state index in [-0.39, 0.29) is 39.8 Å². The van der Waals surface area contributed by atoms with Crippen LogP contribution in [0, 0.1) is 22.0 Å². The molecule has 1 aliphatic rings. The smallest absolute Gasteiger partial charge is 0.338 e. The van der Waals surface area contributed by atoms with Crippen molar-refractivity contribution in [2.45, 2.75) is 46.1 Å². The number of pyridine rings is 1. The summed E-state index contributed by atoms with van der Waals surface area (Å²) in [5, 5.41) is 23.4. The molecule has 1 aromatic heterocycles. The van der Waals surface area contributed by atoms with Gasteiger partial charge in [0.05, 0.1) is 10.5 Å². The molecule has 1 aliphatic carbocycles. The Morgan fingerprint density at radius 2 is 2.14 bits per heavy atom. The Morgan fingerprint density at radius 3 is 2.71 bits per heavy atom. The van der Waals surface area contributed by atoms with Crippen LogP contribution in [0.3, 0.4) is 0 Å². The van der Waals surface area contributed by atoms with E-state index in [4.69, 9.17) is 0 Å². The average molecular weight is 387 g/mol. The number of allylic oxidation sites excluding steroid dienone is 2. The molecule has 0 spiro atoms. The Morgan fingerprint density at radius 1 is 1.43 bits per heavy atom. The van der Waals surface area contributed by atoms with Crippen LogP contribution in [0.5, 0.6) is 0 Å². The first-order valence-corrected chi connectivity index (χ1v) is 9.33. The molecule has 1 amide bonds. The molecule has 3 atom stereocenters. The van der Waals surface area contributed by atoms with Crippen molar-refractivity contribution in [3.63, 3.8) is 0 Å². The van der Waals surface area contributed by atoms with E-state index in [1.807, 2.05) is 20.8 Å². The number of rotatable bonds is 8. The Kier molecular flexibility index (Phi) is 7.03. The zero-order valence-electron chi connectivity index (χ0n) is 16.2. The normalized spacial score (nSPS) is 18.5. The third kappa shape index (κ3) is 4.62. The number of nitro groups is 1. The second kappa shape index (κ2) is 9.25. The maximum absolute atomic E-state index is 12.8. The quantitative estimate of drug-likeness (QED) is 0.520. The molecule has 0 bridgehead atoms. The van der Waals surface area contributed by atoms with Crippen LogP contribution in [0.1, 0.15) is 60.9 Å². The number of carbonyl (C=O) groups is 2. The molecule has 2 rings (SSSR count). The number of aromatic carboxylic acids is 1. The number of aromatic nitrogens is 1. The largest absolute Gasteiger partial charge is 0.478 e. The molecule has 28 heavy (non-hydrogen) atoms. The van der Waals surface area contributed by atoms with Crippen LogP contribution in [-0.4, -0.2) is 32.9 Å². The fourth-order valence-electron chi connectivity index (χ4n) is 3.46. The third-order valence-corrected chi connectivity index (χ3v) is 5.24. The highest BCUT2D eigenvalue weighted by molar-refractivity contribution is 6.03. The molecule has 0 saturated heterocycles. The van der Waals surface area contributed by atoms with Gasteiger partial charge in [0.15, 0.2) is 0 Å². The van der Waals surface area contributed by atoms with E-state index in [0.717, 1.165) is 12.0 Å². The summed E-state index contributed by atoms with van der Waals surface area (Å²) in [4.78, 5) is 38.9. The molecule has 2 N–H and O–H groups in total. The van der Waals surface area contributed by atoms with Crippen molar-refractivity contribution in [2.24, 2.45) is 11.8 Å². The molecule has 1 heterocycles. The Labute approximate surface area is 163 Å². The van der Waals surface area contributed by atoms with Crippen molar-refractivity contribution in [3.05, 3.63) is 63.1 Å². The summed E-state index contributed by atoms with van der Waals surface area (Å²) in [5.41, 5.74) is 0.558. The predicted octanol–water partition coefficient (Wildman–Crippen LogP) is 3.44. The molecule has 3 unspecified atom stereocenters. The second-order valence-electron chi connectivity index (χ2n) is 6.92. The van der Waals surface area contributed by atoms with E-state index in [2.05, 4.69) is 10.3 Å². The summed E-state index contributed by atoms with van der Waals surface area (Å²) < 4.78 is 0. The highest BCUT2D eigenvalue weighted by Crippen LogP contribution is 2.31. The second-order valence-corrected chi connectivity index (χ2v) is 6.92. The Hall–Kier alpha value is -3.03. The van der Waals surface area contributed by atoms with E-state index < -0.39 is 11.9 Å². The standard InChI is InChI=1S/C20H25N3O5/c1-4-12(3)17(14-8-9-16(23(27)28)13(5-2)11-14)22-19(24)18-15(20(25)26)7-6-10-21-18/h6-10,12,14,17H,4-5,11H2,1-3H3,(H,22,24)(H,25,26). The molecular weight excluding hydrogens is 362 g/mol. The lowest BCUT2D eigenvalue weighted by Crippen LogP contribution is -2.45. The van der Waals surface area contributed by atoms with Gasteiger partial charge in [-0.15, -0.1) is 0 Å². The number of carboxylic acids is 1. The minimum absolute atomic E-state index is 0.0888. The van der Waals surface area contributed by atoms with Gasteiger partial charge < -0.3 is 10.4 Å². The number of hydrogen-bond donors (Lipinski definition) is 2. The molecule has 1 aromatic rings. The molecule has 0 aliphatic heterocycles. The fourth-order valence-corrected chi connectivity index (χ4v) is 3.46. The number of hydrogen-bond acceptors (Lipinski definition) is 5. The van der Waals surface area contributed by atoms with Crippen molar-refractivity contribution in [1.82, 2.24) is 10.3 Å². The van der Waals surface area contributed by atoms with Crippen LogP contribution in [0.4, 0.5) is 0 Å². The summed E-state index contributed by atoms with van der Waals surface area (Å²) in [6.07, 6.45) is 6.48. The van der Waals surface area contributed by atoms with Gasteiger partial charge in [-0.25, -0.2) is 4.79 Å². The van der Waals surface area contributed by atoms with Crippen LogP contribution in [0.15, 0.2) is 41.8 Å². The topological polar surface area (TPSA) is 122 Å². The molecule has 0 aromatic carbocycles. The molecule has 0 fully saturated rings. The average Bonchev–Trinajstić information content (AvgIpc) is 2.70. The number of nitrogens with one attached hydrogen (secondary N) is 1. The van der Waals surface area contributed by atoms with Gasteiger partial charge in [-0.1, -0.05) is 33.3 Å². The van der Waals surface area contributed by atoms with Gasteiger partial charge in [-0.05, 0) is 30.9 Å². The van der Waals surface area contributed by atoms with Crippen LogP contribution < -0.4 is 5.32 Å². The number of amides is 1. The first kappa shape index (κ1) is 21.3. The molecule has 8 heteroatoms. The van der Waals surface area contributed by atoms with Gasteiger partial charge in [0, 0.05) is 29.8 Å². The van der Waals surface area contributed by atoms with Crippen molar-refractivity contribution < 1.29 is 19.6 Å². The molecule has 0 radical (unpaired) electrons. The van der Waals surface area contributed by atoms with Gasteiger partial charge in [0.1, 0.15) is 5.69 Å². The van der Waals surface area contributed by atoms with E-state index in [0.29, 0.717) is 12.8 Å². The van der Waals surface area contributed by atoms with E-state index >= 15 is 0 Å². The van der Waals surface area contributed by atoms with E-state index in [1.165, 1.54) is 24.4 Å².